The molecule has 3 heterocycles. The number of rotatable bonds is 11. The van der Waals surface area contributed by atoms with Crippen molar-refractivity contribution in [3.8, 4) is 0 Å². The number of benzene rings is 3. The normalized spacial score (nSPS) is 14.0. The summed E-state index contributed by atoms with van der Waals surface area (Å²) < 4.78 is 2.13. The number of carbonyl (C=O) groups is 1. The van der Waals surface area contributed by atoms with Gasteiger partial charge in [0.2, 0.25) is 5.91 Å². The summed E-state index contributed by atoms with van der Waals surface area (Å²) in [6, 6.07) is 28.6. The molecule has 0 spiro atoms. The monoisotopic (exact) mass is 600 g/mol. The van der Waals surface area contributed by atoms with Gasteiger partial charge >= 0.3 is 0 Å². The van der Waals surface area contributed by atoms with Gasteiger partial charge in [0.1, 0.15) is 11.7 Å². The lowest BCUT2D eigenvalue weighted by Crippen LogP contribution is -2.45. The van der Waals surface area contributed by atoms with Crippen LogP contribution in [0.15, 0.2) is 97.3 Å². The Morgan fingerprint density at radius 1 is 0.956 bits per heavy atom. The van der Waals surface area contributed by atoms with E-state index in [-0.39, 0.29) is 11.7 Å². The number of amides is 1. The average molecular weight is 601 g/mol. The van der Waals surface area contributed by atoms with Gasteiger partial charge in [0, 0.05) is 61.9 Å². The van der Waals surface area contributed by atoms with E-state index in [1.165, 1.54) is 5.56 Å². The highest BCUT2D eigenvalue weighted by Crippen LogP contribution is 2.26. The van der Waals surface area contributed by atoms with E-state index < -0.39 is 0 Å². The first-order chi connectivity index (χ1) is 21.9. The van der Waals surface area contributed by atoms with Gasteiger partial charge in [0.25, 0.3) is 0 Å². The fraction of sp³-hybridized carbons (Fsp3) is 0.278. The molecule has 0 unspecified atom stereocenters. The van der Waals surface area contributed by atoms with Crippen LogP contribution in [0.5, 0.6) is 0 Å². The molecule has 45 heavy (non-hydrogen) atoms. The predicted molar refractivity (Wildman–Crippen MR) is 181 cm³/mol. The third-order valence-corrected chi connectivity index (χ3v) is 8.65. The number of para-hydroxylation sites is 1. The largest absolute Gasteiger partial charge is 0.384 e. The molecule has 0 aliphatic carbocycles. The number of amidine groups is 1. The van der Waals surface area contributed by atoms with Gasteiger partial charge in [-0.3, -0.25) is 20.1 Å². The summed E-state index contributed by atoms with van der Waals surface area (Å²) in [4.78, 5) is 27.2. The Labute approximate surface area is 264 Å². The van der Waals surface area contributed by atoms with Crippen molar-refractivity contribution in [2.24, 2.45) is 12.8 Å². The first kappa shape index (κ1) is 30.0. The number of carbonyl (C=O) groups excluding carboxylic acids is 1. The predicted octanol–water partition coefficient (Wildman–Crippen LogP) is 5.15. The summed E-state index contributed by atoms with van der Waals surface area (Å²) >= 11 is 0. The molecule has 1 aliphatic heterocycles. The quantitative estimate of drug-likeness (QED) is 0.143. The lowest BCUT2D eigenvalue weighted by Gasteiger charge is -2.34. The van der Waals surface area contributed by atoms with Crippen molar-refractivity contribution < 1.29 is 4.79 Å². The molecule has 9 heteroatoms. The summed E-state index contributed by atoms with van der Waals surface area (Å²) in [5, 5.41) is 11.2. The third kappa shape index (κ3) is 7.38. The Hall–Kier alpha value is -5.02. The number of hydrogen-bond donors (Lipinski definition) is 3. The zero-order chi connectivity index (χ0) is 31.2. The summed E-state index contributed by atoms with van der Waals surface area (Å²) in [7, 11) is 2.04. The number of nitrogens with one attached hydrogen (secondary N) is 2. The van der Waals surface area contributed by atoms with Gasteiger partial charge in [-0.15, -0.1) is 0 Å². The van der Waals surface area contributed by atoms with Crippen molar-refractivity contribution in [2.75, 3.05) is 29.9 Å². The van der Waals surface area contributed by atoms with E-state index in [2.05, 4.69) is 38.0 Å². The first-order valence-corrected chi connectivity index (χ1v) is 15.5. The second-order valence-corrected chi connectivity index (χ2v) is 11.8. The molecular formula is C36H40N8O. The molecule has 1 fully saturated rings. The van der Waals surface area contributed by atoms with Crippen LogP contribution < -0.4 is 16.0 Å². The van der Waals surface area contributed by atoms with Gasteiger partial charge in [-0.25, -0.2) is 4.98 Å². The Bertz CT molecular complexity index is 1740. The maximum Gasteiger partial charge on any atom is 0.241 e. The highest BCUT2D eigenvalue weighted by atomic mass is 16.2. The van der Waals surface area contributed by atoms with Crippen LogP contribution in [-0.4, -0.2) is 56.9 Å². The van der Waals surface area contributed by atoms with Crippen molar-refractivity contribution >= 4 is 34.2 Å². The Morgan fingerprint density at radius 3 is 2.40 bits per heavy atom. The second kappa shape index (κ2) is 13.7. The molecular weight excluding hydrogens is 560 g/mol. The number of pyridine rings is 1. The van der Waals surface area contributed by atoms with Crippen LogP contribution in [0, 0.1) is 5.41 Å². The Balaban J connectivity index is 1.16. The van der Waals surface area contributed by atoms with E-state index >= 15 is 0 Å². The minimum absolute atomic E-state index is 0.0739. The number of fused-ring (bicyclic) bond motifs is 1. The van der Waals surface area contributed by atoms with Gasteiger partial charge < -0.3 is 20.5 Å². The zero-order valence-corrected chi connectivity index (χ0v) is 25.7. The molecule has 0 radical (unpaired) electrons. The van der Waals surface area contributed by atoms with Crippen molar-refractivity contribution in [2.45, 2.75) is 38.3 Å². The minimum atomic E-state index is 0.0739. The molecule has 5 aromatic rings. The number of likely N-dealkylation sites (tertiary alicyclic amines) is 1. The number of anilines is 2. The standard InChI is InChI=1S/C36H40N8O/c1-42-33-13-12-31(23-32(33)41-34(42)14-9-26-7-10-28(11-8-26)36(37)38)44(24-27-15-19-39-20-16-27)35(45)25-43-21-17-30(18-22-43)40-29-5-3-2-4-6-29/h2-8,10-13,15-16,19-20,23,30,40H,9,14,17-18,21-22,24-25H2,1H3,(H3,37,38). The van der Waals surface area contributed by atoms with Crippen LogP contribution in [0.25, 0.3) is 11.0 Å². The van der Waals surface area contributed by atoms with Crippen LogP contribution in [-0.2, 0) is 31.2 Å². The maximum atomic E-state index is 13.9. The molecule has 1 aliphatic rings. The lowest BCUT2D eigenvalue weighted by atomic mass is 10.0. The highest BCUT2D eigenvalue weighted by Gasteiger charge is 2.25. The van der Waals surface area contributed by atoms with Crippen LogP contribution in [0.2, 0.25) is 0 Å². The zero-order valence-electron chi connectivity index (χ0n) is 25.7. The maximum absolute atomic E-state index is 13.9. The van der Waals surface area contributed by atoms with Crippen LogP contribution in [0.1, 0.15) is 35.4 Å². The van der Waals surface area contributed by atoms with Crippen LogP contribution in [0.3, 0.4) is 0 Å². The molecule has 0 saturated carbocycles. The number of piperidine rings is 1. The topological polar surface area (TPSA) is 116 Å². The first-order valence-electron chi connectivity index (χ1n) is 15.5. The SMILES string of the molecule is Cn1c(CCc2ccc(C(=N)N)cc2)nc2cc(N(Cc3ccncc3)C(=O)CN3CCC(Nc4ccccc4)CC3)ccc21. The summed E-state index contributed by atoms with van der Waals surface area (Å²) in [6.45, 7) is 2.59. The summed E-state index contributed by atoms with van der Waals surface area (Å²) in [5.74, 6) is 1.13. The van der Waals surface area contributed by atoms with Crippen LogP contribution in [0.4, 0.5) is 11.4 Å². The number of nitrogens with two attached hydrogens (primary N) is 1. The van der Waals surface area contributed by atoms with Crippen molar-refractivity contribution in [1.29, 1.82) is 5.41 Å². The number of nitrogens with zero attached hydrogens (tertiary/aromatic N) is 5. The van der Waals surface area contributed by atoms with E-state index in [0.717, 1.165) is 78.1 Å². The van der Waals surface area contributed by atoms with E-state index in [9.17, 15) is 4.79 Å². The number of nitrogen functional groups attached to an aromatic ring is 1. The summed E-state index contributed by atoms with van der Waals surface area (Å²) in [6.07, 6.45) is 7.13. The van der Waals surface area contributed by atoms with Gasteiger partial charge in [-0.2, -0.15) is 0 Å². The molecule has 0 atom stereocenters. The molecule has 230 valence electrons. The Kier molecular flexibility index (Phi) is 9.17. The molecule has 4 N–H and O–H groups in total. The Morgan fingerprint density at radius 2 is 1.69 bits per heavy atom. The van der Waals surface area contributed by atoms with Crippen molar-refractivity contribution in [3.63, 3.8) is 0 Å². The van der Waals surface area contributed by atoms with Gasteiger partial charge in [0.05, 0.1) is 24.1 Å². The summed E-state index contributed by atoms with van der Waals surface area (Å²) in [5.41, 5.74) is 12.4. The van der Waals surface area contributed by atoms with Gasteiger partial charge in [0.15, 0.2) is 0 Å². The average Bonchev–Trinajstić information content (AvgIpc) is 3.38. The molecule has 0 bridgehead atoms. The second-order valence-electron chi connectivity index (χ2n) is 11.8. The third-order valence-electron chi connectivity index (χ3n) is 8.65. The van der Waals surface area contributed by atoms with Gasteiger partial charge in [-0.05, 0) is 72.9 Å². The molecule has 9 nitrogen and oxygen atoms in total. The minimum Gasteiger partial charge on any atom is -0.384 e. The molecule has 2 aromatic heterocycles. The number of imidazole rings is 1. The van der Waals surface area contributed by atoms with E-state index in [4.69, 9.17) is 16.1 Å². The van der Waals surface area contributed by atoms with Gasteiger partial charge in [-0.1, -0.05) is 42.5 Å². The fourth-order valence-electron chi connectivity index (χ4n) is 6.01. The molecule has 1 amide bonds. The lowest BCUT2D eigenvalue weighted by molar-refractivity contribution is -0.120. The fourth-order valence-corrected chi connectivity index (χ4v) is 6.01. The number of aryl methyl sites for hydroxylation is 3. The van der Waals surface area contributed by atoms with Crippen molar-refractivity contribution in [3.05, 3.63) is 120 Å². The number of aromatic nitrogens is 3. The molecule has 6 rings (SSSR count). The van der Waals surface area contributed by atoms with E-state index in [1.54, 1.807) is 12.4 Å². The van der Waals surface area contributed by atoms with E-state index in [0.29, 0.717) is 19.1 Å². The van der Waals surface area contributed by atoms with Crippen molar-refractivity contribution in [1.82, 2.24) is 19.4 Å². The van der Waals surface area contributed by atoms with Crippen LogP contribution >= 0.6 is 0 Å². The molecule has 3 aromatic carbocycles. The highest BCUT2D eigenvalue weighted by molar-refractivity contribution is 5.96. The van der Waals surface area contributed by atoms with E-state index in [1.807, 2.05) is 78.7 Å². The number of hydrogen-bond acceptors (Lipinski definition) is 6. The smallest absolute Gasteiger partial charge is 0.241 e. The molecule has 1 saturated heterocycles.